The van der Waals surface area contributed by atoms with Crippen LogP contribution in [0, 0.1) is 0 Å². The minimum Gasteiger partial charge on any atom is -0.491 e. The van der Waals surface area contributed by atoms with Crippen molar-refractivity contribution in [2.24, 2.45) is 0 Å². The van der Waals surface area contributed by atoms with E-state index in [0.29, 0.717) is 5.95 Å². The van der Waals surface area contributed by atoms with Crippen LogP contribution >= 0.6 is 0 Å². The van der Waals surface area contributed by atoms with Gasteiger partial charge in [0.15, 0.2) is 9.84 Å². The summed E-state index contributed by atoms with van der Waals surface area (Å²) in [5.41, 5.74) is 10.2. The van der Waals surface area contributed by atoms with E-state index in [2.05, 4.69) is 9.97 Å². The number of nitrogens with two attached hydrogens (primary N) is 1. The molecule has 0 atom stereocenters. The van der Waals surface area contributed by atoms with Crippen LogP contribution in [0.2, 0.25) is 0 Å². The van der Waals surface area contributed by atoms with Gasteiger partial charge in [-0.15, -0.1) is 0 Å². The van der Waals surface area contributed by atoms with Crippen molar-refractivity contribution in [1.29, 1.82) is 0 Å². The Kier molecular flexibility index (Phi) is 4.95. The van der Waals surface area contributed by atoms with E-state index < -0.39 is 9.84 Å². The zero-order valence-corrected chi connectivity index (χ0v) is 17.7. The van der Waals surface area contributed by atoms with E-state index in [1.54, 1.807) is 41.2 Å². The number of benzene rings is 2. The van der Waals surface area contributed by atoms with Crippen LogP contribution in [0.5, 0.6) is 5.75 Å². The molecule has 2 aromatic heterocycles. The van der Waals surface area contributed by atoms with Gasteiger partial charge in [-0.25, -0.2) is 18.4 Å². The van der Waals surface area contributed by atoms with Crippen molar-refractivity contribution in [3.63, 3.8) is 0 Å². The number of aromatic nitrogens is 3. The topological polar surface area (TPSA) is 99.6 Å². The maximum atomic E-state index is 11.8. The number of sulfone groups is 1. The van der Waals surface area contributed by atoms with E-state index in [4.69, 9.17) is 10.5 Å². The highest BCUT2D eigenvalue weighted by Crippen LogP contribution is 2.34. The van der Waals surface area contributed by atoms with Crippen LogP contribution < -0.4 is 10.5 Å². The van der Waals surface area contributed by atoms with E-state index in [0.717, 1.165) is 33.7 Å². The number of fused-ring (bicyclic) bond motifs is 1. The van der Waals surface area contributed by atoms with Gasteiger partial charge in [-0.2, -0.15) is 0 Å². The van der Waals surface area contributed by atoms with Gasteiger partial charge in [-0.3, -0.25) is 4.40 Å². The number of anilines is 1. The second-order valence-electron chi connectivity index (χ2n) is 7.33. The molecule has 0 amide bonds. The number of rotatable bonds is 5. The number of nitrogen functional groups attached to an aromatic ring is 1. The predicted octanol–water partition coefficient (Wildman–Crippen LogP) is 3.84. The maximum absolute atomic E-state index is 11.8. The van der Waals surface area contributed by atoms with Crippen LogP contribution in [0.1, 0.15) is 13.8 Å². The molecule has 0 saturated carbocycles. The van der Waals surface area contributed by atoms with E-state index in [-0.39, 0.29) is 11.0 Å². The second-order valence-corrected chi connectivity index (χ2v) is 9.35. The molecule has 0 bridgehead atoms. The van der Waals surface area contributed by atoms with E-state index in [1.807, 2.05) is 38.1 Å². The maximum Gasteiger partial charge on any atom is 0.206 e. The lowest BCUT2D eigenvalue weighted by Gasteiger charge is -2.11. The lowest BCUT2D eigenvalue weighted by molar-refractivity contribution is 0.242. The van der Waals surface area contributed by atoms with Crippen LogP contribution in [-0.4, -0.2) is 35.1 Å². The molecule has 0 aliphatic heterocycles. The van der Waals surface area contributed by atoms with Gasteiger partial charge in [-0.05, 0) is 55.8 Å². The van der Waals surface area contributed by atoms with Crippen LogP contribution in [0.3, 0.4) is 0 Å². The van der Waals surface area contributed by atoms with Crippen LogP contribution in [0.25, 0.3) is 27.9 Å². The molecule has 4 rings (SSSR count). The molecule has 4 aromatic rings. The molecule has 0 aliphatic rings. The van der Waals surface area contributed by atoms with Crippen molar-refractivity contribution in [2.45, 2.75) is 24.8 Å². The fourth-order valence-electron chi connectivity index (χ4n) is 3.30. The normalized spacial score (nSPS) is 11.9. The quantitative estimate of drug-likeness (QED) is 0.525. The van der Waals surface area contributed by atoms with Crippen LogP contribution in [0.15, 0.2) is 66.0 Å². The smallest absolute Gasteiger partial charge is 0.206 e. The first-order valence-electron chi connectivity index (χ1n) is 9.43. The summed E-state index contributed by atoms with van der Waals surface area (Å²) in [5.74, 6) is 1.11. The third-order valence-corrected chi connectivity index (χ3v) is 5.82. The number of imidazole rings is 1. The Morgan fingerprint density at radius 2 is 1.60 bits per heavy atom. The minimum absolute atomic E-state index is 0.0941. The molecule has 2 aromatic carbocycles. The lowest BCUT2D eigenvalue weighted by Crippen LogP contribution is -2.05. The molecule has 0 spiro atoms. The summed E-state index contributed by atoms with van der Waals surface area (Å²) < 4.78 is 31.0. The van der Waals surface area contributed by atoms with Gasteiger partial charge in [0.1, 0.15) is 12.1 Å². The molecule has 2 heterocycles. The predicted molar refractivity (Wildman–Crippen MR) is 117 cm³/mol. The van der Waals surface area contributed by atoms with Gasteiger partial charge in [0.05, 0.1) is 22.2 Å². The van der Waals surface area contributed by atoms with Crippen molar-refractivity contribution in [1.82, 2.24) is 14.4 Å². The number of nitrogens with zero attached hydrogens (tertiary/aromatic N) is 3. The number of ether oxygens (including phenoxy) is 1. The summed E-state index contributed by atoms with van der Waals surface area (Å²) in [5, 5.41) is 0. The third-order valence-electron chi connectivity index (χ3n) is 4.69. The fourth-order valence-corrected chi connectivity index (χ4v) is 3.93. The van der Waals surface area contributed by atoms with Crippen molar-refractivity contribution < 1.29 is 13.2 Å². The van der Waals surface area contributed by atoms with Gasteiger partial charge in [0.2, 0.25) is 5.95 Å². The molecule has 2 N–H and O–H groups in total. The lowest BCUT2D eigenvalue weighted by atomic mass is 10.0. The van der Waals surface area contributed by atoms with Gasteiger partial charge >= 0.3 is 0 Å². The van der Waals surface area contributed by atoms with Crippen LogP contribution in [0.4, 0.5) is 5.95 Å². The fraction of sp³-hybridized carbons (Fsp3) is 0.182. The van der Waals surface area contributed by atoms with Crippen molar-refractivity contribution >= 4 is 21.3 Å². The average molecular weight is 423 g/mol. The summed E-state index contributed by atoms with van der Waals surface area (Å²) in [4.78, 5) is 9.10. The van der Waals surface area contributed by atoms with Gasteiger partial charge in [0.25, 0.3) is 0 Å². The molecule has 8 heteroatoms. The summed E-state index contributed by atoms with van der Waals surface area (Å²) in [6.45, 7) is 3.96. The zero-order chi connectivity index (χ0) is 21.5. The molecule has 0 unspecified atom stereocenters. The highest BCUT2D eigenvalue weighted by atomic mass is 32.2. The Hall–Kier alpha value is -3.39. The van der Waals surface area contributed by atoms with Gasteiger partial charge in [-0.1, -0.05) is 12.1 Å². The van der Waals surface area contributed by atoms with Crippen molar-refractivity contribution in [3.05, 3.63) is 61.1 Å². The molecule has 0 aliphatic carbocycles. The average Bonchev–Trinajstić information content (AvgIpc) is 3.14. The summed E-state index contributed by atoms with van der Waals surface area (Å²) in [7, 11) is -3.27. The van der Waals surface area contributed by atoms with E-state index in [9.17, 15) is 8.42 Å². The third kappa shape index (κ3) is 3.73. The molecule has 0 radical (unpaired) electrons. The Morgan fingerprint density at radius 1 is 0.967 bits per heavy atom. The molecular formula is C22H22N4O3S. The molecule has 7 nitrogen and oxygen atoms in total. The highest BCUT2D eigenvalue weighted by Gasteiger charge is 2.16. The number of hydrogen-bond acceptors (Lipinski definition) is 6. The molecule has 154 valence electrons. The number of hydrogen-bond donors (Lipinski definition) is 1. The van der Waals surface area contributed by atoms with Crippen molar-refractivity contribution in [3.8, 4) is 28.1 Å². The Bertz CT molecular complexity index is 1310. The first kappa shape index (κ1) is 19.9. The first-order valence-corrected chi connectivity index (χ1v) is 11.3. The van der Waals surface area contributed by atoms with Gasteiger partial charge < -0.3 is 10.5 Å². The summed E-state index contributed by atoms with van der Waals surface area (Å²) >= 11 is 0. The summed E-state index contributed by atoms with van der Waals surface area (Å²) in [6, 6.07) is 14.4. The standard InChI is InChI=1S/C22H22N4O3S/c1-14(2)29-17-8-4-16(5-9-17)20-21-19(12-24-22(23)26(21)13-25-20)15-6-10-18(11-7-15)30(3,27)28/h4-14H,1-3H3,(H2,23,24). The molecule has 0 fully saturated rings. The monoisotopic (exact) mass is 422 g/mol. The van der Waals surface area contributed by atoms with E-state index in [1.165, 1.54) is 6.26 Å². The Morgan fingerprint density at radius 3 is 2.20 bits per heavy atom. The molecule has 0 saturated heterocycles. The molecule has 30 heavy (non-hydrogen) atoms. The minimum atomic E-state index is -3.27. The first-order chi connectivity index (χ1) is 14.2. The second kappa shape index (κ2) is 7.46. The van der Waals surface area contributed by atoms with Gasteiger partial charge in [0, 0.05) is 23.6 Å². The Labute approximate surface area is 175 Å². The van der Waals surface area contributed by atoms with E-state index >= 15 is 0 Å². The summed E-state index contributed by atoms with van der Waals surface area (Å²) in [6.07, 6.45) is 4.60. The zero-order valence-electron chi connectivity index (χ0n) is 16.9. The highest BCUT2D eigenvalue weighted by molar-refractivity contribution is 7.90. The largest absolute Gasteiger partial charge is 0.491 e. The van der Waals surface area contributed by atoms with Crippen LogP contribution in [-0.2, 0) is 9.84 Å². The molecular weight excluding hydrogens is 400 g/mol. The van der Waals surface area contributed by atoms with Crippen molar-refractivity contribution in [2.75, 3.05) is 12.0 Å². The Balaban J connectivity index is 1.84. The SMILES string of the molecule is CC(C)Oc1ccc(-c2ncn3c(N)ncc(-c4ccc(S(C)(=O)=O)cc4)c23)cc1.